The molecule has 92 valence electrons. The lowest BCUT2D eigenvalue weighted by Gasteiger charge is -2.30. The summed E-state index contributed by atoms with van der Waals surface area (Å²) in [5.41, 5.74) is 7.03. The van der Waals surface area contributed by atoms with Crippen LogP contribution in [0.1, 0.15) is 29.6 Å². The van der Waals surface area contributed by atoms with Crippen LogP contribution < -0.4 is 5.73 Å². The van der Waals surface area contributed by atoms with Gasteiger partial charge in [-0.3, -0.25) is 4.79 Å². The third-order valence-corrected chi connectivity index (χ3v) is 4.25. The molecule has 0 bridgehead atoms. The molecule has 0 heterocycles. The summed E-state index contributed by atoms with van der Waals surface area (Å²) in [4.78, 5) is 14.0. The topological polar surface area (TPSA) is 46.3 Å². The van der Waals surface area contributed by atoms with Crippen molar-refractivity contribution >= 4 is 27.5 Å². The Labute approximate surface area is 110 Å². The van der Waals surface area contributed by atoms with Gasteiger partial charge in [0, 0.05) is 19.3 Å². The Morgan fingerprint density at radius 1 is 1.53 bits per heavy atom. The van der Waals surface area contributed by atoms with Crippen LogP contribution in [-0.2, 0) is 0 Å². The van der Waals surface area contributed by atoms with Gasteiger partial charge >= 0.3 is 0 Å². The Morgan fingerprint density at radius 3 is 2.82 bits per heavy atom. The summed E-state index contributed by atoms with van der Waals surface area (Å²) in [7, 11) is 1.86. The average molecular weight is 297 g/mol. The van der Waals surface area contributed by atoms with Gasteiger partial charge in [-0.2, -0.15) is 0 Å². The third-order valence-electron chi connectivity index (χ3n) is 3.36. The number of rotatable bonds is 3. The molecule has 4 heteroatoms. The fourth-order valence-corrected chi connectivity index (χ4v) is 2.50. The van der Waals surface area contributed by atoms with Crippen molar-refractivity contribution in [3.63, 3.8) is 0 Å². The minimum Gasteiger partial charge on any atom is -0.398 e. The number of nitrogen functional groups attached to an aromatic ring is 1. The third kappa shape index (κ3) is 2.63. The van der Waals surface area contributed by atoms with E-state index in [1.807, 2.05) is 13.1 Å². The number of hydrogen-bond acceptors (Lipinski definition) is 2. The predicted octanol–water partition coefficient (Wildman–Crippen LogP) is 2.90. The van der Waals surface area contributed by atoms with E-state index in [0.717, 1.165) is 6.54 Å². The summed E-state index contributed by atoms with van der Waals surface area (Å²) in [5, 5.41) is 0. The average Bonchev–Trinajstić information content (AvgIpc) is 2.26. The summed E-state index contributed by atoms with van der Waals surface area (Å²) in [5.74, 6) is 0.722. The number of carbonyl (C=O) groups excluding carboxylic acids is 1. The number of nitrogens with zero attached hydrogens (tertiary/aromatic N) is 1. The van der Waals surface area contributed by atoms with Crippen molar-refractivity contribution in [1.29, 1.82) is 0 Å². The second-order valence-corrected chi connectivity index (χ2v) is 5.48. The molecule has 0 radical (unpaired) electrons. The van der Waals surface area contributed by atoms with Gasteiger partial charge in [0.15, 0.2) is 0 Å². The lowest BCUT2D eigenvalue weighted by molar-refractivity contribution is 0.0744. The first kappa shape index (κ1) is 12.4. The van der Waals surface area contributed by atoms with Gasteiger partial charge < -0.3 is 10.6 Å². The number of nitrogens with two attached hydrogens (primary N) is 1. The van der Waals surface area contributed by atoms with Gasteiger partial charge in [0.25, 0.3) is 5.91 Å². The molecule has 2 N–H and O–H groups in total. The van der Waals surface area contributed by atoms with Crippen molar-refractivity contribution in [2.75, 3.05) is 19.3 Å². The highest BCUT2D eigenvalue weighted by atomic mass is 79.9. The minimum atomic E-state index is 0.0380. The van der Waals surface area contributed by atoms with Crippen LogP contribution in [0.15, 0.2) is 22.7 Å². The van der Waals surface area contributed by atoms with Gasteiger partial charge in [-0.25, -0.2) is 0 Å². The molecule has 0 saturated heterocycles. The van der Waals surface area contributed by atoms with Gasteiger partial charge in [0.05, 0.1) is 10.0 Å². The molecule has 17 heavy (non-hydrogen) atoms. The highest BCUT2D eigenvalue weighted by Crippen LogP contribution is 2.28. The molecule has 1 aliphatic carbocycles. The number of carbonyl (C=O) groups is 1. The quantitative estimate of drug-likeness (QED) is 0.872. The van der Waals surface area contributed by atoms with Crippen LogP contribution >= 0.6 is 15.9 Å². The molecule has 0 unspecified atom stereocenters. The van der Waals surface area contributed by atoms with Crippen molar-refractivity contribution in [2.45, 2.75) is 19.3 Å². The molecule has 1 amide bonds. The van der Waals surface area contributed by atoms with Crippen molar-refractivity contribution in [3.8, 4) is 0 Å². The van der Waals surface area contributed by atoms with Gasteiger partial charge in [0.2, 0.25) is 0 Å². The zero-order chi connectivity index (χ0) is 12.4. The Balaban J connectivity index is 2.09. The summed E-state index contributed by atoms with van der Waals surface area (Å²) >= 11 is 3.37. The molecule has 1 fully saturated rings. The molecular formula is C13H17BrN2O. The monoisotopic (exact) mass is 296 g/mol. The van der Waals surface area contributed by atoms with E-state index < -0.39 is 0 Å². The van der Waals surface area contributed by atoms with Crippen molar-refractivity contribution in [3.05, 3.63) is 28.2 Å². The van der Waals surface area contributed by atoms with E-state index >= 15 is 0 Å². The lowest BCUT2D eigenvalue weighted by Crippen LogP contribution is -2.34. The number of hydrogen-bond donors (Lipinski definition) is 1. The molecule has 0 aromatic heterocycles. The first-order valence-corrected chi connectivity index (χ1v) is 6.68. The Kier molecular flexibility index (Phi) is 3.72. The first-order chi connectivity index (χ1) is 8.09. The molecule has 2 rings (SSSR count). The van der Waals surface area contributed by atoms with Gasteiger partial charge in [0.1, 0.15) is 0 Å². The van der Waals surface area contributed by atoms with Crippen molar-refractivity contribution < 1.29 is 4.79 Å². The molecule has 0 spiro atoms. The largest absolute Gasteiger partial charge is 0.398 e. The fourth-order valence-electron chi connectivity index (χ4n) is 2.07. The molecule has 0 atom stereocenters. The number of amides is 1. The Hall–Kier alpha value is -1.03. The van der Waals surface area contributed by atoms with Crippen LogP contribution in [0.3, 0.4) is 0 Å². The van der Waals surface area contributed by atoms with Gasteiger partial charge in [-0.15, -0.1) is 0 Å². The maximum Gasteiger partial charge on any atom is 0.254 e. The van der Waals surface area contributed by atoms with Crippen molar-refractivity contribution in [1.82, 2.24) is 4.90 Å². The highest BCUT2D eigenvalue weighted by Gasteiger charge is 2.23. The molecule has 3 nitrogen and oxygen atoms in total. The summed E-state index contributed by atoms with van der Waals surface area (Å²) in [6.45, 7) is 0.847. The Bertz CT molecular complexity index is 429. The molecular weight excluding hydrogens is 280 g/mol. The summed E-state index contributed by atoms with van der Waals surface area (Å²) in [6, 6.07) is 5.40. The van der Waals surface area contributed by atoms with E-state index in [1.165, 1.54) is 19.3 Å². The van der Waals surface area contributed by atoms with Crippen LogP contribution in [0, 0.1) is 5.92 Å². The maximum absolute atomic E-state index is 12.2. The van der Waals surface area contributed by atoms with E-state index in [2.05, 4.69) is 15.9 Å². The van der Waals surface area contributed by atoms with Crippen LogP contribution in [0.5, 0.6) is 0 Å². The van der Waals surface area contributed by atoms with Crippen molar-refractivity contribution in [2.24, 2.45) is 5.92 Å². The molecule has 1 aromatic carbocycles. The number of benzene rings is 1. The summed E-state index contributed by atoms with van der Waals surface area (Å²) < 4.78 is 0.699. The fraction of sp³-hybridized carbons (Fsp3) is 0.462. The van der Waals surface area contributed by atoms with E-state index in [4.69, 9.17) is 5.73 Å². The number of anilines is 1. The zero-order valence-corrected chi connectivity index (χ0v) is 11.5. The first-order valence-electron chi connectivity index (χ1n) is 5.89. The highest BCUT2D eigenvalue weighted by molar-refractivity contribution is 9.10. The molecule has 1 saturated carbocycles. The van der Waals surface area contributed by atoms with Crippen LogP contribution in [-0.4, -0.2) is 24.4 Å². The summed E-state index contributed by atoms with van der Waals surface area (Å²) in [6.07, 6.45) is 3.79. The zero-order valence-electron chi connectivity index (χ0n) is 9.95. The molecule has 1 aromatic rings. The van der Waals surface area contributed by atoms with Crippen LogP contribution in [0.2, 0.25) is 0 Å². The van der Waals surface area contributed by atoms with Gasteiger partial charge in [-0.1, -0.05) is 12.5 Å². The smallest absolute Gasteiger partial charge is 0.254 e. The second kappa shape index (κ2) is 5.08. The number of halogens is 1. The normalized spacial score (nSPS) is 15.4. The Morgan fingerprint density at radius 2 is 2.24 bits per heavy atom. The van der Waals surface area contributed by atoms with Gasteiger partial charge in [-0.05, 0) is 46.8 Å². The lowest BCUT2D eigenvalue weighted by atomic mass is 9.85. The minimum absolute atomic E-state index is 0.0380. The molecule has 1 aliphatic rings. The second-order valence-electron chi connectivity index (χ2n) is 4.69. The van der Waals surface area contributed by atoms with Crippen LogP contribution in [0.4, 0.5) is 5.69 Å². The van der Waals surface area contributed by atoms with E-state index in [0.29, 0.717) is 21.6 Å². The van der Waals surface area contributed by atoms with E-state index in [9.17, 15) is 4.79 Å². The molecule has 0 aliphatic heterocycles. The van der Waals surface area contributed by atoms with E-state index in [1.54, 1.807) is 17.0 Å². The maximum atomic E-state index is 12.2. The van der Waals surface area contributed by atoms with E-state index in [-0.39, 0.29) is 5.91 Å². The van der Waals surface area contributed by atoms with Crippen LogP contribution in [0.25, 0.3) is 0 Å². The SMILES string of the molecule is CN(CC1CCC1)C(=O)c1cccc(N)c1Br. The predicted molar refractivity (Wildman–Crippen MR) is 72.9 cm³/mol. The standard InChI is InChI=1S/C13H17BrN2O/c1-16(8-9-4-2-5-9)13(17)10-6-3-7-11(15)12(10)14/h3,6-7,9H,2,4-5,8,15H2,1H3.